The normalized spacial score (nSPS) is 12.2. The van der Waals surface area contributed by atoms with Crippen molar-refractivity contribution in [1.29, 1.82) is 0 Å². The van der Waals surface area contributed by atoms with Crippen molar-refractivity contribution in [2.24, 2.45) is 11.7 Å². The Morgan fingerprint density at radius 3 is 2.88 bits per heavy atom. The molecule has 1 aromatic rings. The number of nitrogens with two attached hydrogens (primary N) is 1. The molecule has 1 atom stereocenters. The number of nitrogens with one attached hydrogen (secondary N) is 1. The van der Waals surface area contributed by atoms with Gasteiger partial charge in [0.1, 0.15) is 5.82 Å². The third-order valence-corrected chi connectivity index (χ3v) is 2.63. The van der Waals surface area contributed by atoms with Crippen LogP contribution in [0.2, 0.25) is 0 Å². The van der Waals surface area contributed by atoms with Gasteiger partial charge in [-0.15, -0.1) is 0 Å². The van der Waals surface area contributed by atoms with Crippen molar-refractivity contribution in [3.05, 3.63) is 12.3 Å². The van der Waals surface area contributed by atoms with Crippen LogP contribution in [0.25, 0.3) is 0 Å². The largest absolute Gasteiger partial charge is 0.370 e. The average molecular weight is 237 g/mol. The Hall–Kier alpha value is -1.36. The molecule has 0 amide bonds. The van der Waals surface area contributed by atoms with Crippen LogP contribution in [0.15, 0.2) is 12.3 Å². The van der Waals surface area contributed by atoms with Crippen LogP contribution >= 0.6 is 0 Å². The van der Waals surface area contributed by atoms with Crippen LogP contribution in [0.3, 0.4) is 0 Å². The van der Waals surface area contributed by atoms with Crippen LogP contribution in [-0.2, 0) is 0 Å². The molecule has 1 rings (SSSR count). The van der Waals surface area contributed by atoms with E-state index in [4.69, 9.17) is 5.73 Å². The highest BCUT2D eigenvalue weighted by molar-refractivity contribution is 5.40. The Bertz CT molecular complexity index is 326. The van der Waals surface area contributed by atoms with E-state index < -0.39 is 0 Å². The highest BCUT2D eigenvalue weighted by atomic mass is 15.2. The standard InChI is InChI=1S/C12H23N5/c1-10(9-13)5-4-7-14-11-6-8-15-12(16-11)17(2)3/h6,8,10H,4-5,7,9,13H2,1-3H3,(H,14,15,16). The number of nitrogens with zero attached hydrogens (tertiary/aromatic N) is 3. The summed E-state index contributed by atoms with van der Waals surface area (Å²) in [5, 5.41) is 3.30. The van der Waals surface area contributed by atoms with Gasteiger partial charge in [-0.1, -0.05) is 6.92 Å². The van der Waals surface area contributed by atoms with Gasteiger partial charge in [0.25, 0.3) is 0 Å². The van der Waals surface area contributed by atoms with E-state index in [0.717, 1.165) is 37.7 Å². The molecule has 1 heterocycles. The topological polar surface area (TPSA) is 67.1 Å². The van der Waals surface area contributed by atoms with Crippen LogP contribution in [0.4, 0.5) is 11.8 Å². The van der Waals surface area contributed by atoms with Gasteiger partial charge in [0.05, 0.1) is 0 Å². The molecule has 17 heavy (non-hydrogen) atoms. The summed E-state index contributed by atoms with van der Waals surface area (Å²) in [6.45, 7) is 3.86. The molecule has 1 aromatic heterocycles. The molecule has 0 aliphatic heterocycles. The minimum Gasteiger partial charge on any atom is -0.370 e. The van der Waals surface area contributed by atoms with E-state index in [1.54, 1.807) is 6.20 Å². The molecule has 0 aliphatic carbocycles. The van der Waals surface area contributed by atoms with E-state index in [-0.39, 0.29) is 0 Å². The summed E-state index contributed by atoms with van der Waals surface area (Å²) in [6.07, 6.45) is 4.03. The van der Waals surface area contributed by atoms with E-state index in [0.29, 0.717) is 5.92 Å². The van der Waals surface area contributed by atoms with Crippen LogP contribution in [-0.4, -0.2) is 37.2 Å². The molecule has 0 fully saturated rings. The Kier molecular flexibility index (Phi) is 5.69. The lowest BCUT2D eigenvalue weighted by atomic mass is 10.1. The predicted molar refractivity (Wildman–Crippen MR) is 72.3 cm³/mol. The fourth-order valence-corrected chi connectivity index (χ4v) is 1.45. The van der Waals surface area contributed by atoms with E-state index in [2.05, 4.69) is 22.2 Å². The molecule has 0 aliphatic rings. The Balaban J connectivity index is 2.34. The SMILES string of the molecule is CC(CN)CCCNc1ccnc(N(C)C)n1. The number of hydrogen-bond donors (Lipinski definition) is 2. The van der Waals surface area contributed by atoms with E-state index in [9.17, 15) is 0 Å². The maximum atomic E-state index is 5.57. The summed E-state index contributed by atoms with van der Waals surface area (Å²) in [5.74, 6) is 2.20. The van der Waals surface area contributed by atoms with E-state index in [1.807, 2.05) is 25.1 Å². The minimum atomic E-state index is 0.597. The first-order valence-corrected chi connectivity index (χ1v) is 6.07. The molecule has 5 heteroatoms. The molecular weight excluding hydrogens is 214 g/mol. The zero-order valence-electron chi connectivity index (χ0n) is 11.0. The Labute approximate surface area is 103 Å². The first-order valence-electron chi connectivity index (χ1n) is 6.07. The minimum absolute atomic E-state index is 0.597. The van der Waals surface area contributed by atoms with Crippen molar-refractivity contribution in [2.75, 3.05) is 37.4 Å². The van der Waals surface area contributed by atoms with Crippen molar-refractivity contribution >= 4 is 11.8 Å². The predicted octanol–water partition coefficient (Wildman–Crippen LogP) is 1.33. The second-order valence-electron chi connectivity index (χ2n) is 4.55. The number of aromatic nitrogens is 2. The molecule has 3 N–H and O–H groups in total. The molecule has 0 saturated carbocycles. The molecule has 5 nitrogen and oxygen atoms in total. The molecule has 0 bridgehead atoms. The second kappa shape index (κ2) is 7.06. The molecular formula is C12H23N5. The Morgan fingerprint density at radius 2 is 2.24 bits per heavy atom. The molecule has 0 radical (unpaired) electrons. The van der Waals surface area contributed by atoms with Gasteiger partial charge >= 0.3 is 0 Å². The summed E-state index contributed by atoms with van der Waals surface area (Å²) >= 11 is 0. The fraction of sp³-hybridized carbons (Fsp3) is 0.667. The summed E-state index contributed by atoms with van der Waals surface area (Å²) in [4.78, 5) is 10.4. The lowest BCUT2D eigenvalue weighted by Crippen LogP contribution is -2.15. The van der Waals surface area contributed by atoms with Crippen LogP contribution in [0, 0.1) is 5.92 Å². The lowest BCUT2D eigenvalue weighted by molar-refractivity contribution is 0.529. The lowest BCUT2D eigenvalue weighted by Gasteiger charge is -2.12. The Morgan fingerprint density at radius 1 is 1.47 bits per heavy atom. The van der Waals surface area contributed by atoms with Gasteiger partial charge in [-0.25, -0.2) is 4.98 Å². The molecule has 1 unspecified atom stereocenters. The third kappa shape index (κ3) is 4.99. The summed E-state index contributed by atoms with van der Waals surface area (Å²) in [6, 6.07) is 1.89. The molecule has 0 spiro atoms. The first kappa shape index (κ1) is 13.7. The van der Waals surface area contributed by atoms with Gasteiger partial charge in [-0.3, -0.25) is 0 Å². The van der Waals surface area contributed by atoms with Crippen molar-refractivity contribution in [3.63, 3.8) is 0 Å². The maximum absolute atomic E-state index is 5.57. The summed E-state index contributed by atoms with van der Waals surface area (Å²) in [5.41, 5.74) is 5.57. The third-order valence-electron chi connectivity index (χ3n) is 2.63. The number of rotatable bonds is 7. The fourth-order valence-electron chi connectivity index (χ4n) is 1.45. The van der Waals surface area contributed by atoms with Crippen molar-refractivity contribution < 1.29 is 0 Å². The summed E-state index contributed by atoms with van der Waals surface area (Å²) < 4.78 is 0. The van der Waals surface area contributed by atoms with Crippen molar-refractivity contribution in [3.8, 4) is 0 Å². The van der Waals surface area contributed by atoms with Gasteiger partial charge in [-0.05, 0) is 31.4 Å². The van der Waals surface area contributed by atoms with Gasteiger partial charge in [-0.2, -0.15) is 4.98 Å². The quantitative estimate of drug-likeness (QED) is 0.700. The number of anilines is 2. The van der Waals surface area contributed by atoms with Crippen LogP contribution in [0.1, 0.15) is 19.8 Å². The monoisotopic (exact) mass is 237 g/mol. The smallest absolute Gasteiger partial charge is 0.226 e. The first-order chi connectivity index (χ1) is 8.13. The summed E-state index contributed by atoms with van der Waals surface area (Å²) in [7, 11) is 3.87. The van der Waals surface area contributed by atoms with Gasteiger partial charge < -0.3 is 16.0 Å². The molecule has 0 aromatic carbocycles. The van der Waals surface area contributed by atoms with Crippen molar-refractivity contribution in [1.82, 2.24) is 9.97 Å². The number of hydrogen-bond acceptors (Lipinski definition) is 5. The van der Waals surface area contributed by atoms with E-state index in [1.165, 1.54) is 0 Å². The van der Waals surface area contributed by atoms with Crippen LogP contribution < -0.4 is 16.0 Å². The maximum Gasteiger partial charge on any atom is 0.226 e. The van der Waals surface area contributed by atoms with Crippen molar-refractivity contribution in [2.45, 2.75) is 19.8 Å². The highest BCUT2D eigenvalue weighted by Gasteiger charge is 2.01. The second-order valence-corrected chi connectivity index (χ2v) is 4.55. The molecule has 96 valence electrons. The molecule has 0 saturated heterocycles. The van der Waals surface area contributed by atoms with Gasteiger partial charge in [0.15, 0.2) is 0 Å². The van der Waals surface area contributed by atoms with Gasteiger partial charge in [0, 0.05) is 26.8 Å². The van der Waals surface area contributed by atoms with Gasteiger partial charge in [0.2, 0.25) is 5.95 Å². The van der Waals surface area contributed by atoms with E-state index >= 15 is 0 Å². The zero-order valence-corrected chi connectivity index (χ0v) is 11.0. The highest BCUT2D eigenvalue weighted by Crippen LogP contribution is 2.09. The zero-order chi connectivity index (χ0) is 12.7. The average Bonchev–Trinajstić information content (AvgIpc) is 2.34. The van der Waals surface area contributed by atoms with Crippen LogP contribution in [0.5, 0.6) is 0 Å².